The van der Waals surface area contributed by atoms with E-state index in [-0.39, 0.29) is 27.8 Å². The van der Waals surface area contributed by atoms with E-state index in [1.165, 1.54) is 18.4 Å². The highest BCUT2D eigenvalue weighted by molar-refractivity contribution is 7.90. The normalized spacial score (nSPS) is 16.8. The molecule has 0 saturated carbocycles. The van der Waals surface area contributed by atoms with Gasteiger partial charge in [0.05, 0.1) is 16.9 Å². The molecule has 0 saturated heterocycles. The molecule has 5 heteroatoms. The molecule has 4 nitrogen and oxygen atoms in total. The Morgan fingerprint density at radius 1 is 1.22 bits per heavy atom. The summed E-state index contributed by atoms with van der Waals surface area (Å²) in [5.41, 5.74) is 1.46. The van der Waals surface area contributed by atoms with Crippen molar-refractivity contribution in [2.75, 3.05) is 0 Å². The summed E-state index contributed by atoms with van der Waals surface area (Å²) in [5, 5.41) is 0. The molecule has 2 aromatic rings. The standard InChI is InChI=1S/C13H10O4S/c1-8-2-3-11-10(6-8)12(14)13-9(4-5-17-13)7-18(11,15)16/h2-6H,7H2,1H3. The molecular weight excluding hydrogens is 252 g/mol. The number of rotatable bonds is 0. The molecule has 3 rings (SSSR count). The lowest BCUT2D eigenvalue weighted by Gasteiger charge is -2.05. The van der Waals surface area contributed by atoms with Gasteiger partial charge in [-0.15, -0.1) is 0 Å². The smallest absolute Gasteiger partial charge is 0.229 e. The summed E-state index contributed by atoms with van der Waals surface area (Å²) >= 11 is 0. The van der Waals surface area contributed by atoms with Gasteiger partial charge < -0.3 is 4.42 Å². The third kappa shape index (κ3) is 1.51. The maximum atomic E-state index is 12.3. The van der Waals surface area contributed by atoms with Gasteiger partial charge in [-0.1, -0.05) is 11.6 Å². The topological polar surface area (TPSA) is 64.3 Å². The fourth-order valence-electron chi connectivity index (χ4n) is 2.15. The van der Waals surface area contributed by atoms with Crippen LogP contribution in [0.4, 0.5) is 0 Å². The zero-order valence-corrected chi connectivity index (χ0v) is 10.5. The maximum Gasteiger partial charge on any atom is 0.229 e. The molecule has 0 unspecified atom stereocenters. The van der Waals surface area contributed by atoms with Crippen molar-refractivity contribution in [1.29, 1.82) is 0 Å². The zero-order chi connectivity index (χ0) is 12.9. The van der Waals surface area contributed by atoms with E-state index in [2.05, 4.69) is 0 Å². The van der Waals surface area contributed by atoms with Crippen LogP contribution in [0.25, 0.3) is 0 Å². The van der Waals surface area contributed by atoms with E-state index >= 15 is 0 Å². The first-order valence-electron chi connectivity index (χ1n) is 5.43. The molecule has 2 heterocycles. The highest BCUT2D eigenvalue weighted by atomic mass is 32.2. The highest BCUT2D eigenvalue weighted by Crippen LogP contribution is 2.30. The van der Waals surface area contributed by atoms with Gasteiger partial charge in [0.25, 0.3) is 0 Å². The molecular formula is C13H10O4S. The van der Waals surface area contributed by atoms with Gasteiger partial charge in [0.15, 0.2) is 15.6 Å². The number of hydrogen-bond donors (Lipinski definition) is 0. The molecule has 0 spiro atoms. The number of ketones is 1. The van der Waals surface area contributed by atoms with Crippen molar-refractivity contribution in [1.82, 2.24) is 0 Å². The van der Waals surface area contributed by atoms with Crippen molar-refractivity contribution in [3.63, 3.8) is 0 Å². The molecule has 1 aliphatic heterocycles. The Bertz CT molecular complexity index is 753. The predicted molar refractivity (Wildman–Crippen MR) is 64.2 cm³/mol. The Balaban J connectivity index is 2.39. The van der Waals surface area contributed by atoms with E-state index in [1.54, 1.807) is 12.1 Å². The van der Waals surface area contributed by atoms with Crippen molar-refractivity contribution in [3.8, 4) is 0 Å². The van der Waals surface area contributed by atoms with Gasteiger partial charge >= 0.3 is 0 Å². The predicted octanol–water partition coefficient (Wildman–Crippen LogP) is 2.11. The molecule has 1 aromatic carbocycles. The molecule has 0 atom stereocenters. The van der Waals surface area contributed by atoms with E-state index in [9.17, 15) is 13.2 Å². The summed E-state index contributed by atoms with van der Waals surface area (Å²) in [4.78, 5) is 12.4. The van der Waals surface area contributed by atoms with Crippen LogP contribution >= 0.6 is 0 Å². The average molecular weight is 262 g/mol. The molecule has 92 valence electrons. The summed E-state index contributed by atoms with van der Waals surface area (Å²) in [6.07, 6.45) is 1.35. The number of hydrogen-bond acceptors (Lipinski definition) is 4. The monoisotopic (exact) mass is 262 g/mol. The molecule has 18 heavy (non-hydrogen) atoms. The number of sulfone groups is 1. The SMILES string of the molecule is Cc1ccc2c(c1)C(=O)c1occc1CS2(=O)=O. The zero-order valence-electron chi connectivity index (χ0n) is 9.64. The fourth-order valence-corrected chi connectivity index (χ4v) is 3.70. The van der Waals surface area contributed by atoms with Crippen LogP contribution in [0.15, 0.2) is 39.8 Å². The number of carbonyl (C=O) groups is 1. The average Bonchev–Trinajstić information content (AvgIpc) is 2.72. The minimum Gasteiger partial charge on any atom is -0.461 e. The first-order valence-corrected chi connectivity index (χ1v) is 7.09. The molecule has 0 amide bonds. The molecule has 0 radical (unpaired) electrons. The Morgan fingerprint density at radius 3 is 2.78 bits per heavy atom. The summed E-state index contributed by atoms with van der Waals surface area (Å²) in [7, 11) is -3.49. The third-order valence-electron chi connectivity index (χ3n) is 3.01. The maximum absolute atomic E-state index is 12.3. The summed E-state index contributed by atoms with van der Waals surface area (Å²) in [6.45, 7) is 1.81. The van der Waals surface area contributed by atoms with Crippen LogP contribution in [0, 0.1) is 6.92 Å². The number of furan rings is 1. The second kappa shape index (κ2) is 3.55. The van der Waals surface area contributed by atoms with Crippen molar-refractivity contribution in [2.24, 2.45) is 0 Å². The van der Waals surface area contributed by atoms with Gasteiger partial charge in [0.1, 0.15) is 0 Å². The van der Waals surface area contributed by atoms with E-state index in [1.807, 2.05) is 6.92 Å². The summed E-state index contributed by atoms with van der Waals surface area (Å²) in [5.74, 6) is -0.432. The Morgan fingerprint density at radius 2 is 2.00 bits per heavy atom. The number of fused-ring (bicyclic) bond motifs is 2. The van der Waals surface area contributed by atoms with E-state index in [4.69, 9.17) is 4.42 Å². The van der Waals surface area contributed by atoms with Crippen LogP contribution in [0.5, 0.6) is 0 Å². The quantitative estimate of drug-likeness (QED) is 0.729. The van der Waals surface area contributed by atoms with Gasteiger partial charge in [-0.05, 0) is 25.1 Å². The first-order chi connectivity index (χ1) is 8.49. The van der Waals surface area contributed by atoms with Crippen LogP contribution in [0.2, 0.25) is 0 Å². The van der Waals surface area contributed by atoms with Gasteiger partial charge in [0, 0.05) is 11.1 Å². The van der Waals surface area contributed by atoms with E-state index < -0.39 is 9.84 Å². The first kappa shape index (κ1) is 11.2. The lowest BCUT2D eigenvalue weighted by molar-refractivity contribution is 0.101. The number of carbonyl (C=O) groups excluding carboxylic acids is 1. The molecule has 1 aromatic heterocycles. The second-order valence-electron chi connectivity index (χ2n) is 4.36. The minimum atomic E-state index is -3.49. The summed E-state index contributed by atoms with van der Waals surface area (Å²) in [6, 6.07) is 6.30. The van der Waals surface area contributed by atoms with Gasteiger partial charge in [0.2, 0.25) is 5.78 Å². The Kier molecular flexibility index (Phi) is 2.22. The van der Waals surface area contributed by atoms with Crippen LogP contribution in [-0.4, -0.2) is 14.2 Å². The third-order valence-corrected chi connectivity index (χ3v) is 4.73. The van der Waals surface area contributed by atoms with Crippen molar-refractivity contribution in [2.45, 2.75) is 17.6 Å². The Labute approximate surface area is 104 Å². The van der Waals surface area contributed by atoms with Crippen molar-refractivity contribution >= 4 is 15.6 Å². The van der Waals surface area contributed by atoms with Crippen molar-refractivity contribution < 1.29 is 17.6 Å². The van der Waals surface area contributed by atoms with Gasteiger partial charge in [-0.3, -0.25) is 4.79 Å². The van der Waals surface area contributed by atoms with Crippen molar-refractivity contribution in [3.05, 3.63) is 53.0 Å². The highest BCUT2D eigenvalue weighted by Gasteiger charge is 2.32. The van der Waals surface area contributed by atoms with E-state index in [0.717, 1.165) is 5.56 Å². The largest absolute Gasteiger partial charge is 0.461 e. The lowest BCUT2D eigenvalue weighted by Crippen LogP contribution is -2.06. The molecule has 0 aliphatic carbocycles. The van der Waals surface area contributed by atoms with Crippen LogP contribution in [0.1, 0.15) is 27.2 Å². The molecule has 1 aliphatic rings. The van der Waals surface area contributed by atoms with Gasteiger partial charge in [-0.2, -0.15) is 0 Å². The number of benzene rings is 1. The van der Waals surface area contributed by atoms with Crippen LogP contribution in [0.3, 0.4) is 0 Å². The van der Waals surface area contributed by atoms with Crippen LogP contribution in [-0.2, 0) is 15.6 Å². The molecule has 0 N–H and O–H groups in total. The number of aryl methyl sites for hydroxylation is 1. The van der Waals surface area contributed by atoms with Gasteiger partial charge in [-0.25, -0.2) is 8.42 Å². The van der Waals surface area contributed by atoms with E-state index in [0.29, 0.717) is 5.56 Å². The second-order valence-corrected chi connectivity index (χ2v) is 6.32. The lowest BCUT2D eigenvalue weighted by atomic mass is 10.0. The fraction of sp³-hybridized carbons (Fsp3) is 0.154. The molecule has 0 fully saturated rings. The molecule has 0 bridgehead atoms. The summed E-state index contributed by atoms with van der Waals surface area (Å²) < 4.78 is 29.6. The Hall–Kier alpha value is -1.88. The minimum absolute atomic E-state index is 0.0875. The van der Waals surface area contributed by atoms with Crippen LogP contribution < -0.4 is 0 Å².